The van der Waals surface area contributed by atoms with Crippen LogP contribution in [-0.4, -0.2) is 81.1 Å². The van der Waals surface area contributed by atoms with Gasteiger partial charge < -0.3 is 36.4 Å². The highest BCUT2D eigenvalue weighted by Crippen LogP contribution is 2.33. The van der Waals surface area contributed by atoms with Gasteiger partial charge in [0, 0.05) is 23.8 Å². The van der Waals surface area contributed by atoms with E-state index in [9.17, 15) is 24.3 Å². The van der Waals surface area contributed by atoms with E-state index in [0.29, 0.717) is 6.42 Å². The standard InChI is InChI=1S/C19H33N3O8S/c1-2-3-4-5-13-14(8-17(26)30-13)31-10-12(18(27)21-9-16(24)25)22-15(23)7-6-11(20)19(28)29/h11-14,17,26H,2-10,20H2,1H3,(H,21,27)(H,22,23)(H,24,25)(H,28,29)/t11-,12+,13-,14+,17+/m0/s1. The molecule has 0 aromatic rings. The molecule has 5 atom stereocenters. The molecular weight excluding hydrogens is 430 g/mol. The number of aliphatic hydroxyl groups is 1. The molecule has 0 saturated carbocycles. The number of ether oxygens (including phenoxy) is 1. The van der Waals surface area contributed by atoms with Crippen molar-refractivity contribution in [3.63, 3.8) is 0 Å². The number of rotatable bonds is 15. The van der Waals surface area contributed by atoms with Crippen molar-refractivity contribution in [2.24, 2.45) is 5.73 Å². The van der Waals surface area contributed by atoms with Crippen LogP contribution in [0.4, 0.5) is 0 Å². The van der Waals surface area contributed by atoms with Crippen molar-refractivity contribution in [3.05, 3.63) is 0 Å². The predicted molar refractivity (Wildman–Crippen MR) is 113 cm³/mol. The van der Waals surface area contributed by atoms with Gasteiger partial charge in [-0.2, -0.15) is 11.8 Å². The van der Waals surface area contributed by atoms with E-state index in [-0.39, 0.29) is 29.9 Å². The van der Waals surface area contributed by atoms with Crippen molar-refractivity contribution in [1.82, 2.24) is 10.6 Å². The molecule has 1 aliphatic heterocycles. The van der Waals surface area contributed by atoms with E-state index in [1.165, 1.54) is 11.8 Å². The summed E-state index contributed by atoms with van der Waals surface area (Å²) in [4.78, 5) is 46.1. The lowest BCUT2D eigenvalue weighted by Crippen LogP contribution is -2.50. The van der Waals surface area contributed by atoms with Gasteiger partial charge in [0.2, 0.25) is 11.8 Å². The number of aliphatic hydroxyl groups excluding tert-OH is 1. The highest BCUT2D eigenvalue weighted by molar-refractivity contribution is 8.00. The normalized spacial score (nSPS) is 22.5. The van der Waals surface area contributed by atoms with Gasteiger partial charge in [0.05, 0.1) is 6.10 Å². The molecule has 1 fully saturated rings. The Hall–Kier alpha value is -1.89. The number of hydrogen-bond donors (Lipinski definition) is 6. The molecule has 31 heavy (non-hydrogen) atoms. The minimum atomic E-state index is -1.23. The lowest BCUT2D eigenvalue weighted by Gasteiger charge is -2.22. The molecule has 0 aromatic carbocycles. The van der Waals surface area contributed by atoms with Gasteiger partial charge in [-0.3, -0.25) is 19.2 Å². The molecular formula is C19H33N3O8S. The van der Waals surface area contributed by atoms with E-state index < -0.39 is 48.7 Å². The average molecular weight is 464 g/mol. The van der Waals surface area contributed by atoms with Gasteiger partial charge in [-0.05, 0) is 12.8 Å². The van der Waals surface area contributed by atoms with Crippen LogP contribution in [0.25, 0.3) is 0 Å². The molecule has 2 amide bonds. The smallest absolute Gasteiger partial charge is 0.322 e. The zero-order valence-electron chi connectivity index (χ0n) is 17.6. The second kappa shape index (κ2) is 14.2. The highest BCUT2D eigenvalue weighted by Gasteiger charge is 2.35. The summed E-state index contributed by atoms with van der Waals surface area (Å²) in [5, 5.41) is 32.1. The maximum Gasteiger partial charge on any atom is 0.322 e. The zero-order chi connectivity index (χ0) is 23.4. The number of hydrogen-bond acceptors (Lipinski definition) is 8. The van der Waals surface area contributed by atoms with Crippen molar-refractivity contribution >= 4 is 35.5 Å². The van der Waals surface area contributed by atoms with E-state index >= 15 is 0 Å². The first kappa shape index (κ1) is 27.1. The number of thioether (sulfide) groups is 1. The molecule has 1 saturated heterocycles. The summed E-state index contributed by atoms with van der Waals surface area (Å²) >= 11 is 1.37. The summed E-state index contributed by atoms with van der Waals surface area (Å²) < 4.78 is 5.56. The minimum absolute atomic E-state index is 0.0704. The molecule has 1 rings (SSSR count). The Labute approximate surface area is 185 Å². The largest absolute Gasteiger partial charge is 0.480 e. The first-order valence-corrected chi connectivity index (χ1v) is 11.4. The van der Waals surface area contributed by atoms with Gasteiger partial charge >= 0.3 is 11.9 Å². The number of unbranched alkanes of at least 4 members (excludes halogenated alkanes) is 2. The van der Waals surface area contributed by atoms with Gasteiger partial charge in [0.25, 0.3) is 0 Å². The van der Waals surface area contributed by atoms with Gasteiger partial charge in [0.1, 0.15) is 18.6 Å². The summed E-state index contributed by atoms with van der Waals surface area (Å²) in [6.07, 6.45) is 2.89. The summed E-state index contributed by atoms with van der Waals surface area (Å²) in [5.41, 5.74) is 5.39. The molecule has 0 aromatic heterocycles. The average Bonchev–Trinajstić information content (AvgIpc) is 3.06. The van der Waals surface area contributed by atoms with Crippen LogP contribution in [0.3, 0.4) is 0 Å². The Morgan fingerprint density at radius 1 is 1.23 bits per heavy atom. The van der Waals surface area contributed by atoms with Gasteiger partial charge in [-0.15, -0.1) is 0 Å². The summed E-state index contributed by atoms with van der Waals surface area (Å²) in [6.45, 7) is 1.49. The van der Waals surface area contributed by atoms with E-state index in [1.807, 2.05) is 0 Å². The molecule has 0 radical (unpaired) electrons. The number of amides is 2. The molecule has 178 valence electrons. The maximum absolute atomic E-state index is 12.4. The highest BCUT2D eigenvalue weighted by atomic mass is 32.2. The quantitative estimate of drug-likeness (QED) is 0.175. The third kappa shape index (κ3) is 10.8. The fourth-order valence-corrected chi connectivity index (χ4v) is 4.48. The monoisotopic (exact) mass is 463 g/mol. The van der Waals surface area contributed by atoms with Crippen molar-refractivity contribution in [1.29, 1.82) is 0 Å². The van der Waals surface area contributed by atoms with Gasteiger partial charge in [-0.25, -0.2) is 0 Å². The maximum atomic E-state index is 12.4. The van der Waals surface area contributed by atoms with Crippen LogP contribution in [0.5, 0.6) is 0 Å². The topological polar surface area (TPSA) is 188 Å². The van der Waals surface area contributed by atoms with Crippen LogP contribution in [0, 0.1) is 0 Å². The molecule has 12 heteroatoms. The predicted octanol–water partition coefficient (Wildman–Crippen LogP) is -0.346. The third-order valence-electron chi connectivity index (χ3n) is 4.81. The molecule has 1 heterocycles. The number of carbonyl (C=O) groups is 4. The van der Waals surface area contributed by atoms with E-state index in [0.717, 1.165) is 25.7 Å². The Balaban J connectivity index is 2.67. The first-order chi connectivity index (χ1) is 14.6. The second-order valence-electron chi connectivity index (χ2n) is 7.45. The van der Waals surface area contributed by atoms with Crippen molar-refractivity contribution in [2.45, 2.75) is 81.6 Å². The van der Waals surface area contributed by atoms with Gasteiger partial charge in [-0.1, -0.05) is 26.2 Å². The SMILES string of the molecule is CCCCC[C@@H]1O[C@@H](O)C[C@H]1SC[C@@H](NC(=O)CC[C@H](N)C(=O)O)C(=O)NCC(=O)O. The molecule has 1 aliphatic rings. The van der Waals surface area contributed by atoms with Crippen molar-refractivity contribution < 1.29 is 39.2 Å². The number of carbonyl (C=O) groups excluding carboxylic acids is 2. The van der Waals surface area contributed by atoms with Crippen molar-refractivity contribution in [3.8, 4) is 0 Å². The molecule has 0 bridgehead atoms. The van der Waals surface area contributed by atoms with E-state index in [2.05, 4.69) is 17.6 Å². The van der Waals surface area contributed by atoms with Crippen LogP contribution >= 0.6 is 11.8 Å². The Bertz CT molecular complexity index is 621. The Morgan fingerprint density at radius 2 is 1.94 bits per heavy atom. The molecule has 0 aliphatic carbocycles. The fraction of sp³-hybridized carbons (Fsp3) is 0.789. The molecule has 0 spiro atoms. The van der Waals surface area contributed by atoms with Crippen LogP contribution in [-0.2, 0) is 23.9 Å². The first-order valence-electron chi connectivity index (χ1n) is 10.4. The number of aliphatic carboxylic acids is 2. The minimum Gasteiger partial charge on any atom is -0.480 e. The number of nitrogens with two attached hydrogens (primary N) is 1. The number of nitrogens with one attached hydrogen (secondary N) is 2. The molecule has 0 unspecified atom stereocenters. The van der Waals surface area contributed by atoms with Crippen LogP contribution in [0.1, 0.15) is 51.9 Å². The lowest BCUT2D eigenvalue weighted by atomic mass is 10.1. The molecule has 7 N–H and O–H groups in total. The third-order valence-corrected chi connectivity index (χ3v) is 6.26. The number of carboxylic acids is 2. The Kier molecular flexibility index (Phi) is 12.5. The molecule has 11 nitrogen and oxygen atoms in total. The lowest BCUT2D eigenvalue weighted by molar-refractivity contribution is -0.139. The second-order valence-corrected chi connectivity index (χ2v) is 8.72. The van der Waals surface area contributed by atoms with E-state index in [4.69, 9.17) is 20.7 Å². The van der Waals surface area contributed by atoms with Crippen molar-refractivity contribution in [2.75, 3.05) is 12.3 Å². The van der Waals surface area contributed by atoms with Crippen LogP contribution < -0.4 is 16.4 Å². The van der Waals surface area contributed by atoms with Crippen LogP contribution in [0.2, 0.25) is 0 Å². The summed E-state index contributed by atoms with van der Waals surface area (Å²) in [5.74, 6) is -3.52. The number of carboxylic acid groups (broad SMARTS) is 2. The van der Waals surface area contributed by atoms with Crippen LogP contribution in [0.15, 0.2) is 0 Å². The zero-order valence-corrected chi connectivity index (χ0v) is 18.4. The summed E-state index contributed by atoms with van der Waals surface area (Å²) in [7, 11) is 0. The Morgan fingerprint density at radius 3 is 2.55 bits per heavy atom. The summed E-state index contributed by atoms with van der Waals surface area (Å²) in [6, 6.07) is -2.22. The fourth-order valence-electron chi connectivity index (χ4n) is 3.09. The van der Waals surface area contributed by atoms with Gasteiger partial charge in [0.15, 0.2) is 6.29 Å². The van der Waals surface area contributed by atoms with E-state index in [1.54, 1.807) is 0 Å².